The van der Waals surface area contributed by atoms with Crippen molar-refractivity contribution in [3.8, 4) is 23.0 Å². The lowest BCUT2D eigenvalue weighted by molar-refractivity contribution is 0.106. The zero-order chi connectivity index (χ0) is 28.5. The van der Waals surface area contributed by atoms with E-state index in [4.69, 9.17) is 4.74 Å². The highest BCUT2D eigenvalue weighted by atomic mass is 32.2. The van der Waals surface area contributed by atoms with Crippen molar-refractivity contribution in [2.24, 2.45) is 0 Å². The largest absolute Gasteiger partial charge is 0.508 e. The maximum atomic E-state index is 12.6. The van der Waals surface area contributed by atoms with Gasteiger partial charge in [0, 0.05) is 18.5 Å². The summed E-state index contributed by atoms with van der Waals surface area (Å²) >= 11 is 0. The Hall–Kier alpha value is -4.25. The molecule has 10 heteroatoms. The Morgan fingerprint density at radius 2 is 1.38 bits per heavy atom. The van der Waals surface area contributed by atoms with Gasteiger partial charge in [0.2, 0.25) is 0 Å². The third kappa shape index (κ3) is 7.89. The van der Waals surface area contributed by atoms with Gasteiger partial charge in [0.05, 0.1) is 10.6 Å². The van der Waals surface area contributed by atoms with Crippen molar-refractivity contribution >= 4 is 15.7 Å². The average molecular weight is 565 g/mol. The van der Waals surface area contributed by atoms with Crippen molar-refractivity contribution in [1.82, 2.24) is 5.32 Å². The van der Waals surface area contributed by atoms with E-state index in [1.807, 2.05) is 24.3 Å². The molecular formula is C30H32N2O7S. The third-order valence-electron chi connectivity index (χ3n) is 6.29. The van der Waals surface area contributed by atoms with Gasteiger partial charge in [0.15, 0.2) is 0 Å². The van der Waals surface area contributed by atoms with Gasteiger partial charge in [-0.25, -0.2) is 8.42 Å². The van der Waals surface area contributed by atoms with Gasteiger partial charge < -0.3 is 30.5 Å². The van der Waals surface area contributed by atoms with Crippen molar-refractivity contribution in [3.63, 3.8) is 0 Å². The van der Waals surface area contributed by atoms with Crippen LogP contribution in [0.15, 0.2) is 102 Å². The fourth-order valence-corrected chi connectivity index (χ4v) is 5.28. The van der Waals surface area contributed by atoms with Gasteiger partial charge in [-0.1, -0.05) is 42.5 Å². The molecule has 0 aliphatic rings. The van der Waals surface area contributed by atoms with Crippen LogP contribution < -0.4 is 14.8 Å². The lowest BCUT2D eigenvalue weighted by Crippen LogP contribution is -2.32. The van der Waals surface area contributed by atoms with Crippen molar-refractivity contribution in [2.75, 3.05) is 24.4 Å². The normalized spacial score (nSPS) is 12.2. The number of rotatable bonds is 13. The van der Waals surface area contributed by atoms with Gasteiger partial charge in [0.25, 0.3) is 10.0 Å². The topological polar surface area (TPSA) is 148 Å². The summed E-state index contributed by atoms with van der Waals surface area (Å²) in [4.78, 5) is 0.0558. The SMILES string of the molecule is O=S(=O)(Nc1cc(OCC(O)CNCCC(c2ccc(O)cc2)c2ccc(O)cc2)ccc1O)c1ccccc1. The first-order valence-electron chi connectivity index (χ1n) is 12.7. The molecule has 0 aliphatic carbocycles. The molecule has 1 atom stereocenters. The molecule has 0 saturated carbocycles. The number of aromatic hydroxyl groups is 3. The second-order valence-electron chi connectivity index (χ2n) is 9.29. The summed E-state index contributed by atoms with van der Waals surface area (Å²) in [6, 6.07) is 26.0. The molecule has 0 heterocycles. The number of aliphatic hydroxyl groups is 1. The molecule has 1 unspecified atom stereocenters. The molecule has 6 N–H and O–H groups in total. The molecule has 0 saturated heterocycles. The Morgan fingerprint density at radius 3 is 1.98 bits per heavy atom. The summed E-state index contributed by atoms with van der Waals surface area (Å²) in [5, 5.41) is 43.1. The highest BCUT2D eigenvalue weighted by Gasteiger charge is 2.17. The number of hydrogen-bond acceptors (Lipinski definition) is 8. The molecule has 0 aliphatic heterocycles. The van der Waals surface area contributed by atoms with Crippen LogP contribution in [-0.2, 0) is 10.0 Å². The van der Waals surface area contributed by atoms with Crippen LogP contribution >= 0.6 is 0 Å². The number of phenols is 3. The number of anilines is 1. The molecule has 210 valence electrons. The Bertz CT molecular complexity index is 1430. The zero-order valence-corrected chi connectivity index (χ0v) is 22.5. The number of benzene rings is 4. The molecule has 0 aromatic heterocycles. The van der Waals surface area contributed by atoms with E-state index in [1.54, 1.807) is 42.5 Å². The standard InChI is InChI=1S/C30H32N2O7S/c33-23-10-6-21(7-11-23)28(22-8-12-24(34)13-9-22)16-17-31-19-25(35)20-39-26-14-15-30(36)29(18-26)32-40(37,38)27-4-2-1-3-5-27/h1-15,18,25,28,31-36H,16-17,19-20H2. The van der Waals surface area contributed by atoms with Crippen LogP contribution in [0.1, 0.15) is 23.5 Å². The van der Waals surface area contributed by atoms with E-state index < -0.39 is 16.1 Å². The van der Waals surface area contributed by atoms with Gasteiger partial charge >= 0.3 is 0 Å². The average Bonchev–Trinajstić information content (AvgIpc) is 2.95. The molecular weight excluding hydrogens is 532 g/mol. The fraction of sp³-hybridized carbons (Fsp3) is 0.200. The van der Waals surface area contributed by atoms with Crippen molar-refractivity contribution in [2.45, 2.75) is 23.3 Å². The minimum Gasteiger partial charge on any atom is -0.508 e. The van der Waals surface area contributed by atoms with E-state index in [0.717, 1.165) is 11.1 Å². The maximum Gasteiger partial charge on any atom is 0.262 e. The monoisotopic (exact) mass is 564 g/mol. The Labute approximate surface area is 233 Å². The summed E-state index contributed by atoms with van der Waals surface area (Å²) in [5.41, 5.74) is 1.99. The minimum absolute atomic E-state index is 0.0113. The number of aliphatic hydroxyl groups excluding tert-OH is 1. The van der Waals surface area contributed by atoms with Crippen LogP contribution in [0.3, 0.4) is 0 Å². The predicted molar refractivity (Wildman–Crippen MR) is 152 cm³/mol. The van der Waals surface area contributed by atoms with Crippen LogP contribution in [0, 0.1) is 0 Å². The van der Waals surface area contributed by atoms with Gasteiger partial charge in [-0.05, 0) is 72.6 Å². The number of nitrogens with one attached hydrogen (secondary N) is 2. The van der Waals surface area contributed by atoms with Gasteiger partial charge in [-0.2, -0.15) is 0 Å². The van der Waals surface area contributed by atoms with Crippen LogP contribution in [0.4, 0.5) is 5.69 Å². The minimum atomic E-state index is -3.90. The molecule has 4 aromatic rings. The number of sulfonamides is 1. The van der Waals surface area contributed by atoms with E-state index >= 15 is 0 Å². The summed E-state index contributed by atoms with van der Waals surface area (Å²) in [6.07, 6.45) is -0.148. The summed E-state index contributed by atoms with van der Waals surface area (Å²) in [5.74, 6) is 0.401. The van der Waals surface area contributed by atoms with Crippen molar-refractivity contribution in [1.29, 1.82) is 0 Å². The lowest BCUT2D eigenvalue weighted by atomic mass is 9.88. The molecule has 4 rings (SSSR count). The Kier molecular flexibility index (Phi) is 9.49. The van der Waals surface area contributed by atoms with E-state index in [0.29, 0.717) is 13.0 Å². The first kappa shape index (κ1) is 28.8. The molecule has 0 amide bonds. The van der Waals surface area contributed by atoms with Crippen LogP contribution in [0.5, 0.6) is 23.0 Å². The smallest absolute Gasteiger partial charge is 0.262 e. The molecule has 4 aromatic carbocycles. The van der Waals surface area contributed by atoms with E-state index in [1.165, 1.54) is 30.3 Å². The van der Waals surface area contributed by atoms with Gasteiger partial charge in [0.1, 0.15) is 35.7 Å². The Balaban J connectivity index is 1.29. The van der Waals surface area contributed by atoms with Crippen LogP contribution in [0.2, 0.25) is 0 Å². The van der Waals surface area contributed by atoms with Crippen LogP contribution in [-0.4, -0.2) is 54.6 Å². The van der Waals surface area contributed by atoms with E-state index in [2.05, 4.69) is 10.0 Å². The van der Waals surface area contributed by atoms with E-state index in [9.17, 15) is 28.8 Å². The number of ether oxygens (including phenoxy) is 1. The van der Waals surface area contributed by atoms with Crippen molar-refractivity contribution < 1.29 is 33.6 Å². The fourth-order valence-electron chi connectivity index (χ4n) is 4.20. The molecule has 0 spiro atoms. The van der Waals surface area contributed by atoms with E-state index in [-0.39, 0.29) is 52.7 Å². The highest BCUT2D eigenvalue weighted by molar-refractivity contribution is 7.92. The van der Waals surface area contributed by atoms with Crippen molar-refractivity contribution in [3.05, 3.63) is 108 Å². The quantitative estimate of drug-likeness (QED) is 0.105. The molecule has 0 fully saturated rings. The summed E-state index contributed by atoms with van der Waals surface area (Å²) in [6.45, 7) is 0.777. The predicted octanol–water partition coefficient (Wildman–Crippen LogP) is 4.16. The second-order valence-corrected chi connectivity index (χ2v) is 11.0. The van der Waals surface area contributed by atoms with Crippen LogP contribution in [0.25, 0.3) is 0 Å². The second kappa shape index (κ2) is 13.2. The Morgan fingerprint density at radius 1 is 0.775 bits per heavy atom. The first-order valence-corrected chi connectivity index (χ1v) is 14.2. The highest BCUT2D eigenvalue weighted by Crippen LogP contribution is 2.31. The first-order chi connectivity index (χ1) is 19.2. The summed E-state index contributed by atoms with van der Waals surface area (Å²) < 4.78 is 33.2. The maximum absolute atomic E-state index is 12.6. The zero-order valence-electron chi connectivity index (χ0n) is 21.6. The van der Waals surface area contributed by atoms with Gasteiger partial charge in [-0.3, -0.25) is 4.72 Å². The lowest BCUT2D eigenvalue weighted by Gasteiger charge is -2.20. The number of phenolic OH excluding ortho intramolecular Hbond substituents is 3. The van der Waals surface area contributed by atoms with Gasteiger partial charge in [-0.15, -0.1) is 0 Å². The third-order valence-corrected chi connectivity index (χ3v) is 7.67. The molecule has 9 nitrogen and oxygen atoms in total. The number of hydrogen-bond donors (Lipinski definition) is 6. The molecule has 40 heavy (non-hydrogen) atoms. The molecule has 0 bridgehead atoms. The molecule has 0 radical (unpaired) electrons. The summed E-state index contributed by atoms with van der Waals surface area (Å²) in [7, 11) is -3.90.